The van der Waals surface area contributed by atoms with Crippen LogP contribution in [0.4, 0.5) is 0 Å². The van der Waals surface area contributed by atoms with E-state index < -0.39 is 12.1 Å². The molecule has 2 aromatic carbocycles. The molecule has 0 aromatic heterocycles. The molecule has 0 aliphatic carbocycles. The van der Waals surface area contributed by atoms with Gasteiger partial charge in [-0.3, -0.25) is 4.79 Å². The van der Waals surface area contributed by atoms with Crippen molar-refractivity contribution in [2.75, 3.05) is 7.11 Å². The first-order chi connectivity index (χ1) is 12.0. The summed E-state index contributed by atoms with van der Waals surface area (Å²) < 4.78 is 16.7. The van der Waals surface area contributed by atoms with Crippen LogP contribution in [-0.2, 0) is 9.53 Å². The average Bonchev–Trinajstić information content (AvgIpc) is 2.91. The zero-order valence-corrected chi connectivity index (χ0v) is 15.2. The van der Waals surface area contributed by atoms with Gasteiger partial charge in [0, 0.05) is 10.5 Å². The third kappa shape index (κ3) is 3.58. The number of carbonyl (C=O) groups excluding carboxylic acids is 2. The summed E-state index contributed by atoms with van der Waals surface area (Å²) in [4.78, 5) is 23.9. The number of carbonyl (C=O) groups is 2. The van der Waals surface area contributed by atoms with Crippen molar-refractivity contribution in [3.8, 4) is 11.5 Å². The van der Waals surface area contributed by atoms with Crippen molar-refractivity contribution in [3.05, 3.63) is 63.8 Å². The van der Waals surface area contributed by atoms with Crippen LogP contribution < -0.4 is 9.47 Å². The molecule has 0 spiro atoms. The Kier molecular flexibility index (Phi) is 4.90. The normalized spacial score (nSPS) is 15.5. The highest BCUT2D eigenvalue weighted by Gasteiger charge is 2.28. The van der Waals surface area contributed by atoms with Gasteiger partial charge in [-0.1, -0.05) is 34.1 Å². The minimum absolute atomic E-state index is 0.196. The Balaban J connectivity index is 1.84. The highest BCUT2D eigenvalue weighted by atomic mass is 79.9. The first kappa shape index (κ1) is 17.2. The van der Waals surface area contributed by atoms with E-state index in [0.717, 1.165) is 10.0 Å². The molecule has 1 aliphatic rings. The van der Waals surface area contributed by atoms with Crippen molar-refractivity contribution < 1.29 is 23.8 Å². The summed E-state index contributed by atoms with van der Waals surface area (Å²) in [6, 6.07) is 12.4. The standard InChI is InChI=1S/C19H15BrO5/c1-11(19(22)23-2)24-13-7-8-14-16(10-13)25-17(18(14)21)9-12-5-3-4-6-15(12)20/h3-11H,1-2H3/t11-/m0/s1. The quantitative estimate of drug-likeness (QED) is 0.571. The molecule has 0 N–H and O–H groups in total. The molecule has 6 heteroatoms. The van der Waals surface area contributed by atoms with Crippen LogP contribution in [0.3, 0.4) is 0 Å². The fourth-order valence-electron chi connectivity index (χ4n) is 2.39. The molecule has 0 fully saturated rings. The van der Waals surface area contributed by atoms with Crippen LogP contribution in [0.1, 0.15) is 22.8 Å². The molecule has 0 amide bonds. The zero-order chi connectivity index (χ0) is 18.0. The van der Waals surface area contributed by atoms with Crippen molar-refractivity contribution in [2.45, 2.75) is 13.0 Å². The second-order valence-electron chi connectivity index (χ2n) is 5.40. The van der Waals surface area contributed by atoms with E-state index in [4.69, 9.17) is 9.47 Å². The second-order valence-corrected chi connectivity index (χ2v) is 6.26. The Morgan fingerprint density at radius 1 is 1.24 bits per heavy atom. The van der Waals surface area contributed by atoms with Gasteiger partial charge >= 0.3 is 5.97 Å². The Morgan fingerprint density at radius 2 is 2.00 bits per heavy atom. The van der Waals surface area contributed by atoms with Crippen molar-refractivity contribution in [1.29, 1.82) is 0 Å². The van der Waals surface area contributed by atoms with Crippen LogP contribution in [-0.4, -0.2) is 25.0 Å². The SMILES string of the molecule is COC(=O)[C@H](C)Oc1ccc2c(c1)OC(=Cc1ccccc1Br)C2=O. The number of hydrogen-bond acceptors (Lipinski definition) is 5. The second kappa shape index (κ2) is 7.11. The predicted molar refractivity (Wildman–Crippen MR) is 95.6 cm³/mol. The monoisotopic (exact) mass is 402 g/mol. The molecule has 2 aromatic rings. The number of hydrogen-bond donors (Lipinski definition) is 0. The predicted octanol–water partition coefficient (Wildman–Crippen LogP) is 4.01. The maximum atomic E-state index is 12.5. The van der Waals surface area contributed by atoms with Gasteiger partial charge < -0.3 is 14.2 Å². The van der Waals surface area contributed by atoms with Gasteiger partial charge in [-0.25, -0.2) is 4.79 Å². The highest BCUT2D eigenvalue weighted by molar-refractivity contribution is 9.10. The van der Waals surface area contributed by atoms with E-state index in [9.17, 15) is 9.59 Å². The number of rotatable bonds is 4. The largest absolute Gasteiger partial charge is 0.479 e. The molecular formula is C19H15BrO5. The fourth-order valence-corrected chi connectivity index (χ4v) is 2.79. The maximum Gasteiger partial charge on any atom is 0.346 e. The van der Waals surface area contributed by atoms with Crippen LogP contribution in [0.15, 0.2) is 52.7 Å². The van der Waals surface area contributed by atoms with E-state index >= 15 is 0 Å². The number of ether oxygens (including phenoxy) is 3. The summed E-state index contributed by atoms with van der Waals surface area (Å²) >= 11 is 3.44. The van der Waals surface area contributed by atoms with Gasteiger partial charge in [-0.2, -0.15) is 0 Å². The number of halogens is 1. The van der Waals surface area contributed by atoms with Crippen molar-refractivity contribution in [3.63, 3.8) is 0 Å². The van der Waals surface area contributed by atoms with E-state index in [1.807, 2.05) is 24.3 Å². The summed E-state index contributed by atoms with van der Waals surface area (Å²) in [5.74, 6) is 0.384. The molecule has 5 nitrogen and oxygen atoms in total. The first-order valence-corrected chi connectivity index (χ1v) is 8.36. The summed E-state index contributed by atoms with van der Waals surface area (Å²) in [6.45, 7) is 1.59. The van der Waals surface area contributed by atoms with Gasteiger partial charge in [0.15, 0.2) is 11.9 Å². The number of benzene rings is 2. The number of ketones is 1. The minimum Gasteiger partial charge on any atom is -0.479 e. The van der Waals surface area contributed by atoms with Gasteiger partial charge in [-0.05, 0) is 36.8 Å². The molecule has 3 rings (SSSR count). The lowest BCUT2D eigenvalue weighted by Crippen LogP contribution is -2.24. The van der Waals surface area contributed by atoms with Crippen LogP contribution in [0.2, 0.25) is 0 Å². The van der Waals surface area contributed by atoms with Gasteiger partial charge in [0.25, 0.3) is 0 Å². The van der Waals surface area contributed by atoms with E-state index in [1.54, 1.807) is 31.2 Å². The van der Waals surface area contributed by atoms with E-state index in [0.29, 0.717) is 17.1 Å². The minimum atomic E-state index is -0.754. The van der Waals surface area contributed by atoms with Crippen LogP contribution in [0.5, 0.6) is 11.5 Å². The van der Waals surface area contributed by atoms with E-state index in [2.05, 4.69) is 20.7 Å². The Hall–Kier alpha value is -2.60. The molecule has 0 bridgehead atoms. The number of fused-ring (bicyclic) bond motifs is 1. The van der Waals surface area contributed by atoms with E-state index in [1.165, 1.54) is 7.11 Å². The summed E-state index contributed by atoms with van der Waals surface area (Å²) in [7, 11) is 1.30. The van der Waals surface area contributed by atoms with Gasteiger partial charge in [0.1, 0.15) is 11.5 Å². The van der Waals surface area contributed by atoms with Gasteiger partial charge in [-0.15, -0.1) is 0 Å². The van der Waals surface area contributed by atoms with Crippen molar-refractivity contribution in [2.24, 2.45) is 0 Å². The molecule has 0 unspecified atom stereocenters. The third-order valence-electron chi connectivity index (χ3n) is 3.68. The number of esters is 1. The average molecular weight is 403 g/mol. The van der Waals surface area contributed by atoms with E-state index in [-0.39, 0.29) is 11.5 Å². The lowest BCUT2D eigenvalue weighted by Gasteiger charge is -2.12. The summed E-state index contributed by atoms with van der Waals surface area (Å²) in [6.07, 6.45) is 0.930. The van der Waals surface area contributed by atoms with Crippen LogP contribution in [0, 0.1) is 0 Å². The molecular weight excluding hydrogens is 388 g/mol. The molecule has 1 heterocycles. The molecule has 0 saturated carbocycles. The molecule has 1 atom stereocenters. The topological polar surface area (TPSA) is 61.8 Å². The maximum absolute atomic E-state index is 12.5. The van der Waals surface area contributed by atoms with Crippen LogP contribution in [0.25, 0.3) is 6.08 Å². The molecule has 25 heavy (non-hydrogen) atoms. The lowest BCUT2D eigenvalue weighted by molar-refractivity contribution is -0.147. The first-order valence-electron chi connectivity index (χ1n) is 7.57. The Morgan fingerprint density at radius 3 is 2.72 bits per heavy atom. The molecule has 0 radical (unpaired) electrons. The van der Waals surface area contributed by atoms with Crippen molar-refractivity contribution in [1.82, 2.24) is 0 Å². The smallest absolute Gasteiger partial charge is 0.346 e. The Labute approximate surface area is 153 Å². The lowest BCUT2D eigenvalue weighted by atomic mass is 10.1. The number of methoxy groups -OCH3 is 1. The summed E-state index contributed by atoms with van der Waals surface area (Å²) in [5.41, 5.74) is 1.30. The number of allylic oxidation sites excluding steroid dienone is 1. The van der Waals surface area contributed by atoms with Crippen LogP contribution >= 0.6 is 15.9 Å². The zero-order valence-electron chi connectivity index (χ0n) is 13.6. The summed E-state index contributed by atoms with van der Waals surface area (Å²) in [5, 5.41) is 0. The highest BCUT2D eigenvalue weighted by Crippen LogP contribution is 2.35. The Bertz CT molecular complexity index is 872. The van der Waals surface area contributed by atoms with Crippen molar-refractivity contribution >= 4 is 33.8 Å². The van der Waals surface area contributed by atoms with Gasteiger partial charge in [0.05, 0.1) is 12.7 Å². The molecule has 1 aliphatic heterocycles. The molecule has 0 saturated heterocycles. The third-order valence-corrected chi connectivity index (χ3v) is 4.40. The molecule has 128 valence electrons. The van der Waals surface area contributed by atoms with Gasteiger partial charge in [0.2, 0.25) is 5.78 Å². The number of Topliss-reactive ketones (excluding diaryl/α,β-unsaturated/α-hetero) is 1. The fraction of sp³-hybridized carbons (Fsp3) is 0.158.